The van der Waals surface area contributed by atoms with Crippen molar-refractivity contribution in [2.24, 2.45) is 5.73 Å². The minimum absolute atomic E-state index is 0.0725. The number of nitrogens with two attached hydrogens (primary N) is 1. The summed E-state index contributed by atoms with van der Waals surface area (Å²) in [6.45, 7) is 6.47. The summed E-state index contributed by atoms with van der Waals surface area (Å²) in [6, 6.07) is 1.81. The number of hydrogen-bond acceptors (Lipinski definition) is 5. The van der Waals surface area contributed by atoms with E-state index in [1.807, 2.05) is 20.8 Å². The van der Waals surface area contributed by atoms with E-state index in [1.54, 1.807) is 12.3 Å². The number of rotatable bonds is 5. The van der Waals surface area contributed by atoms with Gasteiger partial charge in [0.2, 0.25) is 11.8 Å². The quantitative estimate of drug-likeness (QED) is 0.759. The fourth-order valence-electron chi connectivity index (χ4n) is 0.987. The summed E-state index contributed by atoms with van der Waals surface area (Å²) in [7, 11) is 0. The van der Waals surface area contributed by atoms with Crippen LogP contribution in [-0.4, -0.2) is 28.7 Å². The van der Waals surface area contributed by atoms with Crippen molar-refractivity contribution in [3.63, 3.8) is 0 Å². The van der Waals surface area contributed by atoms with Crippen LogP contribution in [-0.2, 0) is 0 Å². The Hall–Kier alpha value is -1.36. The Balaban J connectivity index is 2.57. The molecule has 1 unspecified atom stereocenters. The first kappa shape index (κ1) is 11.7. The maximum Gasteiger partial charge on any atom is 0.225 e. The van der Waals surface area contributed by atoms with E-state index in [2.05, 4.69) is 15.3 Å². The lowest BCUT2D eigenvalue weighted by molar-refractivity contribution is 0.232. The van der Waals surface area contributed by atoms with Crippen LogP contribution in [0.1, 0.15) is 20.8 Å². The van der Waals surface area contributed by atoms with E-state index in [0.717, 1.165) is 0 Å². The molecule has 0 aliphatic heterocycles. The largest absolute Gasteiger partial charge is 0.475 e. The van der Waals surface area contributed by atoms with E-state index in [-0.39, 0.29) is 12.1 Å². The van der Waals surface area contributed by atoms with Crippen molar-refractivity contribution < 1.29 is 4.74 Å². The third-order valence-electron chi connectivity index (χ3n) is 1.57. The van der Waals surface area contributed by atoms with Gasteiger partial charge in [-0.3, -0.25) is 0 Å². The van der Waals surface area contributed by atoms with Crippen molar-refractivity contribution in [2.75, 3.05) is 11.9 Å². The molecule has 5 heteroatoms. The summed E-state index contributed by atoms with van der Waals surface area (Å²) in [5, 5.41) is 3.03. The van der Waals surface area contributed by atoms with Gasteiger partial charge in [-0.1, -0.05) is 0 Å². The number of nitrogens with one attached hydrogen (secondary N) is 1. The van der Waals surface area contributed by atoms with E-state index in [9.17, 15) is 0 Å². The molecule has 0 saturated heterocycles. The average molecular weight is 210 g/mol. The normalized spacial score (nSPS) is 12.6. The third-order valence-corrected chi connectivity index (χ3v) is 1.57. The van der Waals surface area contributed by atoms with E-state index in [4.69, 9.17) is 10.5 Å². The molecule has 0 amide bonds. The van der Waals surface area contributed by atoms with E-state index < -0.39 is 0 Å². The average Bonchev–Trinajstić information content (AvgIpc) is 2.14. The highest BCUT2D eigenvalue weighted by Gasteiger charge is 2.02. The van der Waals surface area contributed by atoms with Crippen LogP contribution in [0.15, 0.2) is 12.3 Å². The van der Waals surface area contributed by atoms with Crippen LogP contribution in [0.5, 0.6) is 5.88 Å². The Bertz CT molecular complexity index is 301. The molecule has 0 aliphatic carbocycles. The number of aromatic nitrogens is 2. The topological polar surface area (TPSA) is 73.1 Å². The zero-order valence-electron chi connectivity index (χ0n) is 9.40. The highest BCUT2D eigenvalue weighted by molar-refractivity contribution is 5.27. The molecule has 1 aromatic heterocycles. The lowest BCUT2D eigenvalue weighted by Crippen LogP contribution is -2.25. The fourth-order valence-corrected chi connectivity index (χ4v) is 0.987. The fraction of sp³-hybridized carbons (Fsp3) is 0.600. The number of anilines is 1. The molecular weight excluding hydrogens is 192 g/mol. The van der Waals surface area contributed by atoms with Crippen molar-refractivity contribution in [1.29, 1.82) is 0 Å². The van der Waals surface area contributed by atoms with Crippen molar-refractivity contribution in [3.8, 4) is 5.88 Å². The zero-order valence-corrected chi connectivity index (χ0v) is 9.40. The molecule has 0 aliphatic rings. The molecule has 0 fully saturated rings. The molecule has 1 rings (SSSR count). The van der Waals surface area contributed by atoms with Crippen molar-refractivity contribution >= 4 is 5.95 Å². The molecule has 0 aromatic carbocycles. The van der Waals surface area contributed by atoms with Crippen LogP contribution < -0.4 is 15.8 Å². The third kappa shape index (κ3) is 4.60. The van der Waals surface area contributed by atoms with Gasteiger partial charge in [0.1, 0.15) is 0 Å². The minimum atomic E-state index is 0.0725. The summed E-state index contributed by atoms with van der Waals surface area (Å²) in [5.74, 6) is 1.12. The maximum absolute atomic E-state index is 5.61. The molecular formula is C10H18N4O. The summed E-state index contributed by atoms with van der Waals surface area (Å²) in [5.41, 5.74) is 5.61. The van der Waals surface area contributed by atoms with E-state index in [0.29, 0.717) is 18.4 Å². The number of hydrogen-bond donors (Lipinski definition) is 2. The Morgan fingerprint density at radius 3 is 2.80 bits per heavy atom. The molecule has 1 atom stereocenters. The second-order valence-corrected chi connectivity index (χ2v) is 3.74. The first-order chi connectivity index (χ1) is 7.08. The van der Waals surface area contributed by atoms with E-state index >= 15 is 0 Å². The molecule has 1 heterocycles. The van der Waals surface area contributed by atoms with Crippen LogP contribution >= 0.6 is 0 Å². The standard InChI is InChI=1S/C10H18N4O/c1-7(2)15-9-4-5-12-10(14-9)13-6-8(3)11/h4-5,7-8H,6,11H2,1-3H3,(H,12,13,14). The van der Waals surface area contributed by atoms with Crippen molar-refractivity contribution in [3.05, 3.63) is 12.3 Å². The van der Waals surface area contributed by atoms with Gasteiger partial charge in [-0.25, -0.2) is 4.98 Å². The van der Waals surface area contributed by atoms with Gasteiger partial charge in [0.25, 0.3) is 0 Å². The van der Waals surface area contributed by atoms with Gasteiger partial charge in [0, 0.05) is 24.8 Å². The number of nitrogens with zero attached hydrogens (tertiary/aromatic N) is 2. The van der Waals surface area contributed by atoms with Gasteiger partial charge >= 0.3 is 0 Å². The summed E-state index contributed by atoms with van der Waals surface area (Å²) >= 11 is 0. The Morgan fingerprint density at radius 2 is 2.20 bits per heavy atom. The molecule has 0 radical (unpaired) electrons. The Kier molecular flexibility index (Phi) is 4.30. The van der Waals surface area contributed by atoms with Crippen molar-refractivity contribution in [2.45, 2.75) is 32.9 Å². The minimum Gasteiger partial charge on any atom is -0.475 e. The molecule has 1 aromatic rings. The first-order valence-corrected chi connectivity index (χ1v) is 5.07. The van der Waals surface area contributed by atoms with Crippen LogP contribution in [0.3, 0.4) is 0 Å². The second kappa shape index (κ2) is 5.50. The van der Waals surface area contributed by atoms with Gasteiger partial charge in [-0.2, -0.15) is 4.98 Å². The van der Waals surface area contributed by atoms with Crippen LogP contribution in [0, 0.1) is 0 Å². The molecule has 3 N–H and O–H groups in total. The van der Waals surface area contributed by atoms with Gasteiger partial charge in [0.15, 0.2) is 0 Å². The molecule has 5 nitrogen and oxygen atoms in total. The lowest BCUT2D eigenvalue weighted by Gasteiger charge is -2.10. The SMILES string of the molecule is CC(N)CNc1nccc(OC(C)C)n1. The number of ether oxygens (including phenoxy) is 1. The first-order valence-electron chi connectivity index (χ1n) is 5.07. The van der Waals surface area contributed by atoms with Crippen LogP contribution in [0.25, 0.3) is 0 Å². The van der Waals surface area contributed by atoms with Gasteiger partial charge in [-0.15, -0.1) is 0 Å². The smallest absolute Gasteiger partial charge is 0.225 e. The second-order valence-electron chi connectivity index (χ2n) is 3.74. The van der Waals surface area contributed by atoms with E-state index in [1.165, 1.54) is 0 Å². The monoisotopic (exact) mass is 210 g/mol. The summed E-state index contributed by atoms with van der Waals surface area (Å²) in [4.78, 5) is 8.25. The zero-order chi connectivity index (χ0) is 11.3. The summed E-state index contributed by atoms with van der Waals surface area (Å²) in [6.07, 6.45) is 1.77. The lowest BCUT2D eigenvalue weighted by atomic mass is 10.4. The predicted molar refractivity (Wildman–Crippen MR) is 59.9 cm³/mol. The van der Waals surface area contributed by atoms with Gasteiger partial charge in [0.05, 0.1) is 6.10 Å². The van der Waals surface area contributed by atoms with Crippen LogP contribution in [0.4, 0.5) is 5.95 Å². The highest BCUT2D eigenvalue weighted by Crippen LogP contribution is 2.09. The predicted octanol–water partition coefficient (Wildman–Crippen LogP) is 1.02. The Labute approximate surface area is 90.1 Å². The van der Waals surface area contributed by atoms with Crippen molar-refractivity contribution in [1.82, 2.24) is 9.97 Å². The highest BCUT2D eigenvalue weighted by atomic mass is 16.5. The molecule has 84 valence electrons. The molecule has 0 saturated carbocycles. The van der Waals surface area contributed by atoms with Gasteiger partial charge in [-0.05, 0) is 20.8 Å². The van der Waals surface area contributed by atoms with Gasteiger partial charge < -0.3 is 15.8 Å². The van der Waals surface area contributed by atoms with Crippen LogP contribution in [0.2, 0.25) is 0 Å². The summed E-state index contributed by atoms with van der Waals surface area (Å²) < 4.78 is 5.44. The molecule has 0 spiro atoms. The molecule has 0 bridgehead atoms. The maximum atomic E-state index is 5.61. The molecule has 15 heavy (non-hydrogen) atoms. The Morgan fingerprint density at radius 1 is 1.47 bits per heavy atom.